The fraction of sp³-hybridized carbons (Fsp3) is 0.500. The van der Waals surface area contributed by atoms with E-state index in [-0.39, 0.29) is 30.7 Å². The summed E-state index contributed by atoms with van der Waals surface area (Å²) in [5.41, 5.74) is 0.725. The normalized spacial score (nSPS) is 16.0. The molecule has 3 rings (SSSR count). The van der Waals surface area contributed by atoms with Crippen LogP contribution in [0, 0.1) is 5.92 Å². The average Bonchev–Trinajstić information content (AvgIpc) is 2.95. The number of H-pyrrole nitrogens is 1. The van der Waals surface area contributed by atoms with E-state index in [1.54, 1.807) is 12.3 Å². The highest BCUT2D eigenvalue weighted by Gasteiger charge is 2.20. The molecule has 1 aliphatic heterocycles. The van der Waals surface area contributed by atoms with Gasteiger partial charge >= 0.3 is 5.76 Å². The van der Waals surface area contributed by atoms with Gasteiger partial charge in [-0.1, -0.05) is 0 Å². The van der Waals surface area contributed by atoms with Gasteiger partial charge in [-0.2, -0.15) is 0 Å². The molecule has 3 N–H and O–H groups in total. The maximum absolute atomic E-state index is 11.0. The first-order valence-corrected chi connectivity index (χ1v) is 7.21. The highest BCUT2D eigenvalue weighted by molar-refractivity contribution is 5.85. The summed E-state index contributed by atoms with van der Waals surface area (Å²) in [5, 5.41) is 12.9. The zero-order valence-electron chi connectivity index (χ0n) is 12.7. The Morgan fingerprint density at radius 2 is 2.09 bits per heavy atom. The molecule has 1 saturated heterocycles. The van der Waals surface area contributed by atoms with E-state index in [1.807, 2.05) is 6.07 Å². The number of aromatic amines is 1. The summed E-state index contributed by atoms with van der Waals surface area (Å²) in [6, 6.07) is 3.96. The molecule has 0 aliphatic carbocycles. The zero-order chi connectivity index (χ0) is 14.7. The molecule has 2 aromatic heterocycles. The number of nitrogens with zero attached hydrogens (tertiary/aromatic N) is 2. The van der Waals surface area contributed by atoms with Gasteiger partial charge < -0.3 is 15.1 Å². The molecule has 0 aromatic carbocycles. The van der Waals surface area contributed by atoms with E-state index in [1.165, 1.54) is 12.8 Å². The van der Waals surface area contributed by atoms with Crippen molar-refractivity contribution in [3.8, 4) is 11.5 Å². The van der Waals surface area contributed by atoms with E-state index in [9.17, 15) is 4.79 Å². The standard InChI is InChI=1S/C14H19N5O2.2ClH/c1-9(10-2-5-15-6-3-10)17-12-8-11(4-7-16-12)13-18-19-14(20)21-13;;/h4,7-10,15H,2-3,5-6H2,1H3,(H,16,17)(H,19,20);2*1H. The third kappa shape index (κ3) is 4.95. The van der Waals surface area contributed by atoms with Gasteiger partial charge in [0.2, 0.25) is 5.89 Å². The Morgan fingerprint density at radius 3 is 2.74 bits per heavy atom. The van der Waals surface area contributed by atoms with Gasteiger partial charge in [0.15, 0.2) is 0 Å². The maximum Gasteiger partial charge on any atom is 0.434 e. The predicted molar refractivity (Wildman–Crippen MR) is 93.5 cm³/mol. The van der Waals surface area contributed by atoms with Gasteiger partial charge in [-0.15, -0.1) is 29.9 Å². The van der Waals surface area contributed by atoms with Crippen LogP contribution >= 0.6 is 24.8 Å². The minimum Gasteiger partial charge on any atom is -0.388 e. The van der Waals surface area contributed by atoms with Crippen molar-refractivity contribution in [2.75, 3.05) is 18.4 Å². The van der Waals surface area contributed by atoms with Gasteiger partial charge in [0.1, 0.15) is 5.82 Å². The predicted octanol–water partition coefficient (Wildman–Crippen LogP) is 2.07. The van der Waals surface area contributed by atoms with Gasteiger partial charge in [-0.25, -0.2) is 14.9 Å². The van der Waals surface area contributed by atoms with Crippen LogP contribution in [0.2, 0.25) is 0 Å². The molecule has 3 heterocycles. The molecule has 9 heteroatoms. The number of aromatic nitrogens is 3. The monoisotopic (exact) mass is 361 g/mol. The average molecular weight is 362 g/mol. The number of hydrogen-bond donors (Lipinski definition) is 3. The molecule has 1 fully saturated rings. The summed E-state index contributed by atoms with van der Waals surface area (Å²) in [6.07, 6.45) is 4.02. The number of nitrogens with one attached hydrogen (secondary N) is 3. The topological polar surface area (TPSA) is 95.8 Å². The van der Waals surface area contributed by atoms with E-state index in [2.05, 4.69) is 32.7 Å². The molecule has 23 heavy (non-hydrogen) atoms. The molecule has 1 unspecified atom stereocenters. The van der Waals surface area contributed by atoms with Gasteiger partial charge in [0.05, 0.1) is 0 Å². The van der Waals surface area contributed by atoms with Crippen LogP contribution in [0.4, 0.5) is 5.82 Å². The second-order valence-electron chi connectivity index (χ2n) is 5.37. The third-order valence-electron chi connectivity index (χ3n) is 3.91. The summed E-state index contributed by atoms with van der Waals surface area (Å²) in [5.74, 6) is 1.13. The molecule has 0 amide bonds. The van der Waals surface area contributed by atoms with Crippen molar-refractivity contribution in [3.63, 3.8) is 0 Å². The van der Waals surface area contributed by atoms with Crippen molar-refractivity contribution in [2.24, 2.45) is 5.92 Å². The van der Waals surface area contributed by atoms with E-state index in [0.29, 0.717) is 12.0 Å². The Kier molecular flexibility index (Phi) is 7.54. The minimum atomic E-state index is -0.556. The van der Waals surface area contributed by atoms with Gasteiger partial charge in [0, 0.05) is 17.8 Å². The second kappa shape index (κ2) is 8.90. The minimum absolute atomic E-state index is 0. The molecule has 0 spiro atoms. The second-order valence-corrected chi connectivity index (χ2v) is 5.37. The van der Waals surface area contributed by atoms with Gasteiger partial charge in [-0.05, 0) is 50.9 Å². The quantitative estimate of drug-likeness (QED) is 0.771. The van der Waals surface area contributed by atoms with Crippen LogP contribution in [0.15, 0.2) is 27.5 Å². The molecule has 0 bridgehead atoms. The van der Waals surface area contributed by atoms with Crippen molar-refractivity contribution in [3.05, 3.63) is 28.9 Å². The van der Waals surface area contributed by atoms with Crippen LogP contribution in [0.3, 0.4) is 0 Å². The van der Waals surface area contributed by atoms with E-state index in [4.69, 9.17) is 4.42 Å². The SMILES string of the molecule is CC(Nc1cc(-c2n[nH]c(=O)o2)ccn1)C1CCNCC1.Cl.Cl. The zero-order valence-corrected chi connectivity index (χ0v) is 14.4. The number of piperidine rings is 1. The summed E-state index contributed by atoms with van der Waals surface area (Å²) < 4.78 is 4.96. The Bertz CT molecular complexity index is 654. The van der Waals surface area contributed by atoms with Crippen LogP contribution in [-0.4, -0.2) is 34.3 Å². The third-order valence-corrected chi connectivity index (χ3v) is 3.91. The Labute approximate surface area is 146 Å². The van der Waals surface area contributed by atoms with Crippen molar-refractivity contribution in [1.29, 1.82) is 0 Å². The summed E-state index contributed by atoms with van der Waals surface area (Å²) in [7, 11) is 0. The van der Waals surface area contributed by atoms with E-state index < -0.39 is 5.76 Å². The first-order valence-electron chi connectivity index (χ1n) is 7.21. The van der Waals surface area contributed by atoms with Gasteiger partial charge in [-0.3, -0.25) is 0 Å². The highest BCUT2D eigenvalue weighted by Crippen LogP contribution is 2.22. The summed E-state index contributed by atoms with van der Waals surface area (Å²) in [6.45, 7) is 4.32. The lowest BCUT2D eigenvalue weighted by Gasteiger charge is -2.29. The Hall–Kier alpha value is -1.57. The van der Waals surface area contributed by atoms with Crippen LogP contribution in [0.25, 0.3) is 11.5 Å². The summed E-state index contributed by atoms with van der Waals surface area (Å²) >= 11 is 0. The first-order chi connectivity index (χ1) is 10.2. The molecule has 7 nitrogen and oxygen atoms in total. The van der Waals surface area contributed by atoms with Crippen LogP contribution in [-0.2, 0) is 0 Å². The highest BCUT2D eigenvalue weighted by atomic mass is 35.5. The Balaban J connectivity index is 0.00000132. The number of anilines is 1. The molecular weight excluding hydrogens is 341 g/mol. The molecular formula is C14H21Cl2N5O2. The largest absolute Gasteiger partial charge is 0.434 e. The van der Waals surface area contributed by atoms with Crippen LogP contribution < -0.4 is 16.4 Å². The molecule has 0 radical (unpaired) electrons. The molecule has 1 atom stereocenters. The number of hydrogen-bond acceptors (Lipinski definition) is 6. The lowest BCUT2D eigenvalue weighted by atomic mass is 9.91. The number of pyridine rings is 1. The fourth-order valence-electron chi connectivity index (χ4n) is 2.69. The van der Waals surface area contributed by atoms with E-state index in [0.717, 1.165) is 24.5 Å². The van der Waals surface area contributed by atoms with Crippen molar-refractivity contribution >= 4 is 30.6 Å². The van der Waals surface area contributed by atoms with Gasteiger partial charge in [0.25, 0.3) is 0 Å². The maximum atomic E-state index is 11.0. The first kappa shape index (κ1) is 19.5. The molecule has 1 aliphatic rings. The van der Waals surface area contributed by atoms with Crippen LogP contribution in [0.1, 0.15) is 19.8 Å². The van der Waals surface area contributed by atoms with Crippen molar-refractivity contribution < 1.29 is 4.42 Å². The Morgan fingerprint density at radius 1 is 1.35 bits per heavy atom. The lowest BCUT2D eigenvalue weighted by Crippen LogP contribution is -2.36. The summed E-state index contributed by atoms with van der Waals surface area (Å²) in [4.78, 5) is 15.3. The lowest BCUT2D eigenvalue weighted by molar-refractivity contribution is 0.342. The van der Waals surface area contributed by atoms with E-state index >= 15 is 0 Å². The fourth-order valence-corrected chi connectivity index (χ4v) is 2.69. The molecule has 128 valence electrons. The molecule has 0 saturated carbocycles. The van der Waals surface area contributed by atoms with Crippen molar-refractivity contribution in [2.45, 2.75) is 25.8 Å². The number of halogens is 2. The van der Waals surface area contributed by atoms with Crippen molar-refractivity contribution in [1.82, 2.24) is 20.5 Å². The van der Waals surface area contributed by atoms with Crippen LogP contribution in [0.5, 0.6) is 0 Å². The smallest absolute Gasteiger partial charge is 0.388 e. The molecule has 2 aromatic rings. The number of rotatable bonds is 4.